The van der Waals surface area contributed by atoms with Crippen LogP contribution in [0.1, 0.15) is 102 Å². The predicted molar refractivity (Wildman–Crippen MR) is 149 cm³/mol. The lowest BCUT2D eigenvalue weighted by molar-refractivity contribution is -0.293. The van der Waals surface area contributed by atoms with E-state index in [4.69, 9.17) is 14.0 Å². The monoisotopic (exact) mass is 525 g/mol. The van der Waals surface area contributed by atoms with Gasteiger partial charge < -0.3 is 14.3 Å². The zero-order valence-corrected chi connectivity index (χ0v) is 26.4. The van der Waals surface area contributed by atoms with E-state index in [9.17, 15) is 9.90 Å². The Bertz CT molecular complexity index is 776. The number of hydroxylamine groups is 2. The number of ether oxygens (including phenoxy) is 1. The van der Waals surface area contributed by atoms with Gasteiger partial charge in [-0.2, -0.15) is 5.06 Å². The molecule has 0 amide bonds. The molecule has 5 atom stereocenters. The SMILES string of the molecule is C[C@H](/C=C/[C@@H]1[C@@H](C(=O)OC(C)(C)C)[C@@H](O)C[C@H]1O[Si](C)(C)C(C)(C)C)ON1C(C)(C)CCCC1(C)C. The fraction of sp³-hybridized carbons (Fsp3) is 0.897. The van der Waals surface area contributed by atoms with Gasteiger partial charge in [0.2, 0.25) is 0 Å². The molecule has 210 valence electrons. The van der Waals surface area contributed by atoms with Crippen molar-refractivity contribution in [2.45, 2.75) is 155 Å². The Hall–Kier alpha value is -0.733. The Labute approximate surface area is 222 Å². The molecule has 36 heavy (non-hydrogen) atoms. The van der Waals surface area contributed by atoms with Crippen LogP contribution < -0.4 is 0 Å². The van der Waals surface area contributed by atoms with Gasteiger partial charge >= 0.3 is 5.97 Å². The first-order valence-electron chi connectivity index (χ1n) is 13.8. The molecule has 0 unspecified atom stereocenters. The molecule has 0 spiro atoms. The van der Waals surface area contributed by atoms with Gasteiger partial charge in [-0.3, -0.25) is 9.63 Å². The summed E-state index contributed by atoms with van der Waals surface area (Å²) in [6.07, 6.45) is 6.62. The molecule has 1 saturated carbocycles. The van der Waals surface area contributed by atoms with Gasteiger partial charge in [-0.05, 0) is 99.2 Å². The summed E-state index contributed by atoms with van der Waals surface area (Å²) < 4.78 is 12.5. The molecule has 0 bridgehead atoms. The van der Waals surface area contributed by atoms with Crippen LogP contribution in [-0.4, -0.2) is 59.4 Å². The summed E-state index contributed by atoms with van der Waals surface area (Å²) in [6.45, 7) is 27.6. The van der Waals surface area contributed by atoms with Crippen molar-refractivity contribution in [3.05, 3.63) is 12.2 Å². The lowest BCUT2D eigenvalue weighted by Crippen LogP contribution is -2.59. The highest BCUT2D eigenvalue weighted by Crippen LogP contribution is 2.44. The third-order valence-corrected chi connectivity index (χ3v) is 12.7. The highest BCUT2D eigenvalue weighted by molar-refractivity contribution is 6.74. The number of carbonyl (C=O) groups is 1. The number of carbonyl (C=O) groups excluding carboxylic acids is 1. The van der Waals surface area contributed by atoms with E-state index in [-0.39, 0.29) is 40.2 Å². The van der Waals surface area contributed by atoms with Gasteiger partial charge in [0.1, 0.15) is 5.60 Å². The van der Waals surface area contributed by atoms with Gasteiger partial charge in [0.15, 0.2) is 8.32 Å². The van der Waals surface area contributed by atoms with E-state index in [0.29, 0.717) is 6.42 Å². The number of esters is 1. The van der Waals surface area contributed by atoms with Crippen molar-refractivity contribution < 1.29 is 23.9 Å². The number of hydrogen-bond acceptors (Lipinski definition) is 6. The van der Waals surface area contributed by atoms with E-state index in [0.717, 1.165) is 12.8 Å². The van der Waals surface area contributed by atoms with Gasteiger partial charge in [-0.15, -0.1) is 0 Å². The number of rotatable bonds is 7. The number of aliphatic hydroxyl groups is 1. The Morgan fingerprint density at radius 1 is 1.06 bits per heavy atom. The van der Waals surface area contributed by atoms with Crippen LogP contribution >= 0.6 is 0 Å². The topological polar surface area (TPSA) is 68.2 Å². The van der Waals surface area contributed by atoms with Crippen molar-refractivity contribution in [1.29, 1.82) is 0 Å². The van der Waals surface area contributed by atoms with Gasteiger partial charge in [0.05, 0.1) is 24.2 Å². The van der Waals surface area contributed by atoms with E-state index in [1.165, 1.54) is 6.42 Å². The Balaban J connectivity index is 2.31. The van der Waals surface area contributed by atoms with Crippen LogP contribution in [0, 0.1) is 11.8 Å². The highest BCUT2D eigenvalue weighted by Gasteiger charge is 2.51. The molecule has 0 aromatic carbocycles. The standard InChI is InChI=1S/C29H55NO5Si/c1-20(34-30-28(8,9)17-14-18-29(30,10)11)15-16-21-23(35-36(12,13)27(5,6)7)19-22(31)24(21)25(32)33-26(2,3)4/h15-16,20-24,31H,14,17-19H2,1-13H3/b16-15+/t20-,21+,22+,23-,24-/m1/s1. The van der Waals surface area contributed by atoms with E-state index in [1.54, 1.807) is 0 Å². The van der Waals surface area contributed by atoms with E-state index in [1.807, 2.05) is 39.8 Å². The van der Waals surface area contributed by atoms with Crippen LogP contribution in [0.3, 0.4) is 0 Å². The van der Waals surface area contributed by atoms with Crippen molar-refractivity contribution >= 4 is 14.3 Å². The summed E-state index contributed by atoms with van der Waals surface area (Å²) in [7, 11) is -2.12. The molecule has 0 aromatic rings. The number of piperidine rings is 1. The quantitative estimate of drug-likeness (QED) is 0.228. The molecule has 1 N–H and O–H groups in total. The molecule has 7 heteroatoms. The second kappa shape index (κ2) is 10.8. The third-order valence-electron chi connectivity index (χ3n) is 8.22. The molecule has 1 heterocycles. The zero-order valence-electron chi connectivity index (χ0n) is 25.4. The fourth-order valence-electron chi connectivity index (χ4n) is 5.39. The van der Waals surface area contributed by atoms with E-state index < -0.39 is 25.9 Å². The van der Waals surface area contributed by atoms with Crippen molar-refractivity contribution in [3.63, 3.8) is 0 Å². The minimum absolute atomic E-state index is 0.0258. The van der Waals surface area contributed by atoms with Crippen molar-refractivity contribution in [2.75, 3.05) is 0 Å². The van der Waals surface area contributed by atoms with Crippen LogP contribution in [0.15, 0.2) is 12.2 Å². The number of nitrogens with zero attached hydrogens (tertiary/aromatic N) is 1. The average molecular weight is 526 g/mol. The summed E-state index contributed by atoms with van der Waals surface area (Å²) in [4.78, 5) is 19.7. The van der Waals surface area contributed by atoms with Gasteiger partial charge in [-0.1, -0.05) is 32.9 Å². The molecule has 2 fully saturated rings. The van der Waals surface area contributed by atoms with Crippen LogP contribution in [0.2, 0.25) is 18.1 Å². The van der Waals surface area contributed by atoms with E-state index >= 15 is 0 Å². The van der Waals surface area contributed by atoms with Crippen LogP contribution in [0.4, 0.5) is 0 Å². The summed E-state index contributed by atoms with van der Waals surface area (Å²) in [6, 6.07) is 0. The largest absolute Gasteiger partial charge is 0.460 e. The second-order valence-electron chi connectivity index (χ2n) is 14.8. The Kier molecular flexibility index (Phi) is 9.44. The molecule has 2 rings (SSSR count). The van der Waals surface area contributed by atoms with Crippen molar-refractivity contribution in [3.8, 4) is 0 Å². The fourth-order valence-corrected chi connectivity index (χ4v) is 6.75. The summed E-state index contributed by atoms with van der Waals surface area (Å²) in [5.74, 6) is -1.31. The summed E-state index contributed by atoms with van der Waals surface area (Å²) >= 11 is 0. The lowest BCUT2D eigenvalue weighted by atomic mass is 9.82. The minimum atomic E-state index is -2.12. The summed E-state index contributed by atoms with van der Waals surface area (Å²) in [5, 5.41) is 13.2. The van der Waals surface area contributed by atoms with Crippen LogP contribution in [0.5, 0.6) is 0 Å². The molecule has 1 saturated heterocycles. The molecule has 0 aromatic heterocycles. The van der Waals surface area contributed by atoms with Crippen molar-refractivity contribution in [2.24, 2.45) is 11.8 Å². The first kappa shape index (κ1) is 31.5. The molecule has 6 nitrogen and oxygen atoms in total. The third kappa shape index (κ3) is 7.65. The first-order valence-corrected chi connectivity index (χ1v) is 16.7. The Morgan fingerprint density at radius 3 is 2.06 bits per heavy atom. The highest BCUT2D eigenvalue weighted by atomic mass is 28.4. The Morgan fingerprint density at radius 2 is 1.58 bits per heavy atom. The summed E-state index contributed by atoms with van der Waals surface area (Å²) in [5.41, 5.74) is -0.730. The van der Waals surface area contributed by atoms with Crippen LogP contribution in [0.25, 0.3) is 0 Å². The van der Waals surface area contributed by atoms with Crippen molar-refractivity contribution in [1.82, 2.24) is 5.06 Å². The lowest BCUT2D eigenvalue weighted by Gasteiger charge is -2.52. The molecule has 1 aliphatic carbocycles. The van der Waals surface area contributed by atoms with Crippen LogP contribution in [-0.2, 0) is 18.8 Å². The number of aliphatic hydroxyl groups excluding tert-OH is 1. The van der Waals surface area contributed by atoms with E-state index in [2.05, 4.69) is 66.6 Å². The molecule has 2 aliphatic rings. The maximum atomic E-state index is 13.2. The molecular weight excluding hydrogens is 470 g/mol. The maximum absolute atomic E-state index is 13.2. The zero-order chi connectivity index (χ0) is 27.9. The first-order chi connectivity index (χ1) is 16.1. The maximum Gasteiger partial charge on any atom is 0.312 e. The molecule has 0 radical (unpaired) electrons. The minimum Gasteiger partial charge on any atom is -0.460 e. The van der Waals surface area contributed by atoms with Gasteiger partial charge in [0, 0.05) is 17.0 Å². The second-order valence-corrected chi connectivity index (χ2v) is 19.6. The predicted octanol–water partition coefficient (Wildman–Crippen LogP) is 6.63. The normalized spacial score (nSPS) is 30.5. The average Bonchev–Trinajstić information content (AvgIpc) is 2.94. The molecular formula is C29H55NO5Si. The smallest absolute Gasteiger partial charge is 0.312 e. The van der Waals surface area contributed by atoms with Gasteiger partial charge in [-0.25, -0.2) is 0 Å². The molecule has 1 aliphatic heterocycles. The van der Waals surface area contributed by atoms with Gasteiger partial charge in [0.25, 0.3) is 0 Å². The number of hydrogen-bond donors (Lipinski definition) is 1.